The van der Waals surface area contributed by atoms with E-state index in [0.29, 0.717) is 5.41 Å². The van der Waals surface area contributed by atoms with E-state index in [2.05, 4.69) is 46.8 Å². The van der Waals surface area contributed by atoms with E-state index in [9.17, 15) is 0 Å². The summed E-state index contributed by atoms with van der Waals surface area (Å²) in [6, 6.07) is 4.88. The molecule has 1 atom stereocenters. The molecule has 0 aromatic heterocycles. The Morgan fingerprint density at radius 2 is 1.61 bits per heavy atom. The van der Waals surface area contributed by atoms with Gasteiger partial charge in [0.25, 0.3) is 0 Å². The van der Waals surface area contributed by atoms with Crippen molar-refractivity contribution in [3.8, 4) is 0 Å². The Hall–Kier alpha value is -0.780. The van der Waals surface area contributed by atoms with Gasteiger partial charge in [0.05, 0.1) is 0 Å². The summed E-state index contributed by atoms with van der Waals surface area (Å²) >= 11 is 0. The molecular weight excluding hydrogens is 276 g/mol. The predicted molar refractivity (Wildman–Crippen MR) is 103 cm³/mol. The van der Waals surface area contributed by atoms with Crippen LogP contribution in [0, 0.1) is 25.2 Å². The van der Waals surface area contributed by atoms with Crippen molar-refractivity contribution in [1.82, 2.24) is 0 Å². The quantitative estimate of drug-likeness (QED) is 0.500. The summed E-state index contributed by atoms with van der Waals surface area (Å²) in [4.78, 5) is 0. The molecule has 130 valence electrons. The lowest BCUT2D eigenvalue weighted by molar-refractivity contribution is 0.136. The smallest absolute Gasteiger partial charge is 0.0276 e. The number of rotatable bonds is 7. The molecule has 1 fully saturated rings. The lowest BCUT2D eigenvalue weighted by Crippen LogP contribution is -2.26. The monoisotopic (exact) mass is 314 g/mol. The topological polar surface area (TPSA) is 0 Å². The average Bonchev–Trinajstić information content (AvgIpc) is 2.53. The molecule has 1 aliphatic rings. The minimum atomic E-state index is 0.676. The maximum Gasteiger partial charge on any atom is -0.0276 e. The second-order valence-corrected chi connectivity index (χ2v) is 8.32. The van der Waals surface area contributed by atoms with Crippen LogP contribution >= 0.6 is 0 Å². The highest BCUT2D eigenvalue weighted by Crippen LogP contribution is 2.44. The van der Waals surface area contributed by atoms with Gasteiger partial charge in [0, 0.05) is 0 Å². The van der Waals surface area contributed by atoms with Crippen LogP contribution in [0.2, 0.25) is 0 Å². The average molecular weight is 315 g/mol. The maximum absolute atomic E-state index is 2.49. The lowest BCUT2D eigenvalue weighted by atomic mass is 9.67. The molecule has 0 heteroatoms. The molecule has 0 amide bonds. The number of hydrogen-bond donors (Lipinski definition) is 0. The van der Waals surface area contributed by atoms with Crippen molar-refractivity contribution in [1.29, 1.82) is 0 Å². The first kappa shape index (κ1) is 18.6. The van der Waals surface area contributed by atoms with E-state index >= 15 is 0 Å². The van der Waals surface area contributed by atoms with Crippen LogP contribution in [0.5, 0.6) is 0 Å². The van der Waals surface area contributed by atoms with Gasteiger partial charge in [0.2, 0.25) is 0 Å². The summed E-state index contributed by atoms with van der Waals surface area (Å²) in [6.07, 6.45) is 14.0. The van der Waals surface area contributed by atoms with Crippen LogP contribution < -0.4 is 0 Å². The summed E-state index contributed by atoms with van der Waals surface area (Å²) in [6.45, 7) is 11.8. The van der Waals surface area contributed by atoms with Gasteiger partial charge in [0.15, 0.2) is 0 Å². The van der Waals surface area contributed by atoms with Crippen molar-refractivity contribution in [2.75, 3.05) is 0 Å². The molecule has 0 bridgehead atoms. The van der Waals surface area contributed by atoms with E-state index < -0.39 is 0 Å². The van der Waals surface area contributed by atoms with Crippen molar-refractivity contribution in [3.05, 3.63) is 34.4 Å². The molecule has 0 heterocycles. The fourth-order valence-corrected chi connectivity index (χ4v) is 5.04. The van der Waals surface area contributed by atoms with E-state index in [-0.39, 0.29) is 0 Å². The van der Waals surface area contributed by atoms with Gasteiger partial charge in [-0.2, -0.15) is 0 Å². The van der Waals surface area contributed by atoms with Gasteiger partial charge in [-0.15, -0.1) is 0 Å². The number of aryl methyl sites for hydroxylation is 3. The van der Waals surface area contributed by atoms with E-state index in [1.165, 1.54) is 68.9 Å². The Bertz CT molecular complexity index is 468. The Kier molecular flexibility index (Phi) is 6.74. The summed E-state index contributed by atoms with van der Waals surface area (Å²) in [5, 5.41) is 0. The zero-order valence-electron chi connectivity index (χ0n) is 16.3. The largest absolute Gasteiger partial charge is 0.0649 e. The summed E-state index contributed by atoms with van der Waals surface area (Å²) < 4.78 is 0. The molecular formula is C23H38. The molecule has 23 heavy (non-hydrogen) atoms. The third kappa shape index (κ3) is 4.85. The zero-order chi connectivity index (χ0) is 16.9. The van der Waals surface area contributed by atoms with Gasteiger partial charge < -0.3 is 0 Å². The van der Waals surface area contributed by atoms with E-state index in [4.69, 9.17) is 0 Å². The number of hydrogen-bond acceptors (Lipinski definition) is 0. The van der Waals surface area contributed by atoms with Gasteiger partial charge in [-0.3, -0.25) is 0 Å². The van der Waals surface area contributed by atoms with Crippen molar-refractivity contribution < 1.29 is 0 Å². The zero-order valence-corrected chi connectivity index (χ0v) is 16.3. The summed E-state index contributed by atoms with van der Waals surface area (Å²) in [5.41, 5.74) is 6.77. The highest BCUT2D eigenvalue weighted by atomic mass is 14.4. The standard InChI is InChI=1S/C23H38/c1-6-22-19(4)15-21(16-20(22)5)12-11-18(3)17-23(7-2)13-9-8-10-14-23/h15-16,18H,6-14,17H2,1-5H3. The van der Waals surface area contributed by atoms with Gasteiger partial charge in [-0.1, -0.05) is 58.6 Å². The molecule has 1 aromatic rings. The molecule has 1 aromatic carbocycles. The number of benzene rings is 1. The van der Waals surface area contributed by atoms with Crippen molar-refractivity contribution in [2.45, 2.75) is 98.8 Å². The van der Waals surface area contributed by atoms with Crippen LogP contribution in [0.25, 0.3) is 0 Å². The highest BCUT2D eigenvalue weighted by molar-refractivity contribution is 5.38. The van der Waals surface area contributed by atoms with Gasteiger partial charge >= 0.3 is 0 Å². The lowest BCUT2D eigenvalue weighted by Gasteiger charge is -2.38. The van der Waals surface area contributed by atoms with Crippen LogP contribution in [0.15, 0.2) is 12.1 Å². The molecule has 2 rings (SSSR count). The Morgan fingerprint density at radius 1 is 1.00 bits per heavy atom. The Balaban J connectivity index is 1.92. The molecule has 0 saturated heterocycles. The third-order valence-electron chi connectivity index (χ3n) is 6.48. The highest BCUT2D eigenvalue weighted by Gasteiger charge is 2.31. The minimum absolute atomic E-state index is 0.676. The van der Waals surface area contributed by atoms with Crippen LogP contribution in [0.3, 0.4) is 0 Å². The first-order valence-electron chi connectivity index (χ1n) is 10.1. The second kappa shape index (κ2) is 8.36. The molecule has 1 saturated carbocycles. The van der Waals surface area contributed by atoms with Crippen molar-refractivity contribution >= 4 is 0 Å². The van der Waals surface area contributed by atoms with Crippen LogP contribution in [0.4, 0.5) is 0 Å². The maximum atomic E-state index is 2.49. The second-order valence-electron chi connectivity index (χ2n) is 8.32. The van der Waals surface area contributed by atoms with Gasteiger partial charge in [-0.25, -0.2) is 0 Å². The summed E-state index contributed by atoms with van der Waals surface area (Å²) in [7, 11) is 0. The molecule has 0 nitrogen and oxygen atoms in total. The molecule has 0 aliphatic heterocycles. The van der Waals surface area contributed by atoms with E-state index in [1.54, 1.807) is 11.1 Å². The van der Waals surface area contributed by atoms with Crippen molar-refractivity contribution in [2.24, 2.45) is 11.3 Å². The third-order valence-corrected chi connectivity index (χ3v) is 6.48. The fourth-order valence-electron chi connectivity index (χ4n) is 5.04. The molecule has 0 radical (unpaired) electrons. The van der Waals surface area contributed by atoms with Crippen LogP contribution in [0.1, 0.15) is 94.4 Å². The molecule has 0 spiro atoms. The normalized spacial score (nSPS) is 18.8. The summed E-state index contributed by atoms with van der Waals surface area (Å²) in [5.74, 6) is 0.861. The Labute approximate surface area is 145 Å². The molecule has 1 unspecified atom stereocenters. The van der Waals surface area contributed by atoms with Gasteiger partial charge in [0.1, 0.15) is 0 Å². The molecule has 1 aliphatic carbocycles. The SMILES string of the molecule is CCc1c(C)cc(CCC(C)CC2(CC)CCCCC2)cc1C. The predicted octanol–water partition coefficient (Wildman–Crippen LogP) is 7.19. The van der Waals surface area contributed by atoms with Crippen molar-refractivity contribution in [3.63, 3.8) is 0 Å². The Morgan fingerprint density at radius 3 is 2.13 bits per heavy atom. The van der Waals surface area contributed by atoms with Gasteiger partial charge in [-0.05, 0) is 86.0 Å². The van der Waals surface area contributed by atoms with E-state index in [1.807, 2.05) is 0 Å². The van der Waals surface area contributed by atoms with E-state index in [0.717, 1.165) is 12.3 Å². The minimum Gasteiger partial charge on any atom is -0.0649 e. The van der Waals surface area contributed by atoms with Crippen LogP contribution in [-0.4, -0.2) is 0 Å². The fraction of sp³-hybridized carbons (Fsp3) is 0.739. The van der Waals surface area contributed by atoms with Crippen LogP contribution in [-0.2, 0) is 12.8 Å². The molecule has 0 N–H and O–H groups in total. The first-order chi connectivity index (χ1) is 11.0. The first-order valence-corrected chi connectivity index (χ1v) is 10.1.